The summed E-state index contributed by atoms with van der Waals surface area (Å²) in [5.41, 5.74) is 2.71. The monoisotopic (exact) mass is 236 g/mol. The van der Waals surface area contributed by atoms with Crippen molar-refractivity contribution in [2.45, 2.75) is 25.7 Å². The molecular formula is C18H20. The summed E-state index contributed by atoms with van der Waals surface area (Å²) in [6.07, 6.45) is 6.97. The molecule has 0 amide bonds. The lowest BCUT2D eigenvalue weighted by molar-refractivity contribution is 0.937. The summed E-state index contributed by atoms with van der Waals surface area (Å²) in [5.74, 6) is 0.374. The fourth-order valence-corrected chi connectivity index (χ4v) is 2.13. The maximum absolute atomic E-state index is 2.33. The molecule has 0 atom stereocenters. The van der Waals surface area contributed by atoms with Crippen LogP contribution < -0.4 is 0 Å². The molecular weight excluding hydrogens is 216 g/mol. The van der Waals surface area contributed by atoms with Gasteiger partial charge in [-0.25, -0.2) is 0 Å². The molecule has 18 heavy (non-hydrogen) atoms. The summed E-state index contributed by atoms with van der Waals surface area (Å²) in [5, 5.41) is 0. The van der Waals surface area contributed by atoms with E-state index >= 15 is 0 Å². The Hall–Kier alpha value is -1.82. The molecule has 0 nitrogen and oxygen atoms in total. The van der Waals surface area contributed by atoms with Crippen LogP contribution in [-0.2, 0) is 0 Å². The first kappa shape index (κ1) is 12.6. The molecule has 0 unspecified atom stereocenters. The van der Waals surface area contributed by atoms with Gasteiger partial charge in [-0.05, 0) is 17.5 Å². The van der Waals surface area contributed by atoms with Gasteiger partial charge >= 0.3 is 0 Å². The van der Waals surface area contributed by atoms with Gasteiger partial charge in [0.1, 0.15) is 0 Å². The Kier molecular flexibility index (Phi) is 4.78. The molecule has 0 N–H and O–H groups in total. The second kappa shape index (κ2) is 6.80. The average molecular weight is 236 g/mol. The van der Waals surface area contributed by atoms with E-state index in [1.54, 1.807) is 0 Å². The molecule has 2 aromatic rings. The highest BCUT2D eigenvalue weighted by Crippen LogP contribution is 2.25. The van der Waals surface area contributed by atoms with Crippen LogP contribution in [0.5, 0.6) is 0 Å². The van der Waals surface area contributed by atoms with E-state index in [4.69, 9.17) is 0 Å². The van der Waals surface area contributed by atoms with E-state index in [1.807, 2.05) is 0 Å². The van der Waals surface area contributed by atoms with E-state index in [9.17, 15) is 0 Å². The molecule has 0 heterocycles. The molecule has 0 aliphatic heterocycles. The first-order chi connectivity index (χ1) is 8.92. The van der Waals surface area contributed by atoms with Crippen molar-refractivity contribution in [1.82, 2.24) is 0 Å². The lowest BCUT2D eigenvalue weighted by atomic mass is 9.91. The predicted octanol–water partition coefficient (Wildman–Crippen LogP) is 5.17. The summed E-state index contributed by atoms with van der Waals surface area (Å²) in [6, 6.07) is 21.4. The molecule has 0 radical (unpaired) electrons. The highest BCUT2D eigenvalue weighted by Gasteiger charge is 2.09. The van der Waals surface area contributed by atoms with Crippen LogP contribution in [0.25, 0.3) is 0 Å². The number of hydrogen-bond acceptors (Lipinski definition) is 0. The minimum absolute atomic E-state index is 0.374. The van der Waals surface area contributed by atoms with Crippen molar-refractivity contribution in [2.75, 3.05) is 0 Å². The molecule has 0 bridgehead atoms. The number of allylic oxidation sites excluding steroid dienone is 2. The molecule has 0 saturated carbocycles. The van der Waals surface area contributed by atoms with Gasteiger partial charge in [0.2, 0.25) is 0 Å². The van der Waals surface area contributed by atoms with Crippen LogP contribution in [0.4, 0.5) is 0 Å². The van der Waals surface area contributed by atoms with E-state index in [-0.39, 0.29) is 0 Å². The van der Waals surface area contributed by atoms with Crippen LogP contribution in [0.2, 0.25) is 0 Å². The highest BCUT2D eigenvalue weighted by atomic mass is 14.1. The summed E-state index contributed by atoms with van der Waals surface area (Å²) in [4.78, 5) is 0. The normalized spacial score (nSPS) is 11.2. The largest absolute Gasteiger partial charge is 0.0876 e. The van der Waals surface area contributed by atoms with E-state index in [0.717, 1.165) is 6.42 Å². The van der Waals surface area contributed by atoms with Gasteiger partial charge in [-0.1, -0.05) is 86.2 Å². The molecule has 0 aliphatic rings. The molecule has 0 fully saturated rings. The van der Waals surface area contributed by atoms with E-state index in [0.29, 0.717) is 5.92 Å². The lowest BCUT2D eigenvalue weighted by Gasteiger charge is -2.13. The lowest BCUT2D eigenvalue weighted by Crippen LogP contribution is -1.97. The summed E-state index contributed by atoms with van der Waals surface area (Å²) in [7, 11) is 0. The Balaban J connectivity index is 2.29. The average Bonchev–Trinajstić information content (AvgIpc) is 2.46. The predicted molar refractivity (Wildman–Crippen MR) is 78.8 cm³/mol. The Morgan fingerprint density at radius 1 is 0.833 bits per heavy atom. The van der Waals surface area contributed by atoms with Crippen LogP contribution in [-0.4, -0.2) is 0 Å². The van der Waals surface area contributed by atoms with Gasteiger partial charge in [-0.3, -0.25) is 0 Å². The second-order valence-electron chi connectivity index (χ2n) is 4.52. The first-order valence-electron chi connectivity index (χ1n) is 6.68. The Morgan fingerprint density at radius 2 is 1.33 bits per heavy atom. The SMILES string of the molecule is CCC/C=C/C(c1ccccc1)c1ccccc1. The number of benzene rings is 2. The van der Waals surface area contributed by atoms with Crippen molar-refractivity contribution in [3.63, 3.8) is 0 Å². The van der Waals surface area contributed by atoms with Gasteiger partial charge in [0.05, 0.1) is 0 Å². The smallest absolute Gasteiger partial charge is 0.0269 e. The summed E-state index contributed by atoms with van der Waals surface area (Å²) in [6.45, 7) is 2.21. The van der Waals surface area contributed by atoms with E-state index in [1.165, 1.54) is 17.5 Å². The van der Waals surface area contributed by atoms with Crippen LogP contribution in [0.3, 0.4) is 0 Å². The fourth-order valence-electron chi connectivity index (χ4n) is 2.13. The van der Waals surface area contributed by atoms with E-state index in [2.05, 4.69) is 79.7 Å². The molecule has 0 spiro atoms. The quantitative estimate of drug-likeness (QED) is 0.628. The van der Waals surface area contributed by atoms with Gasteiger partial charge in [0.15, 0.2) is 0 Å². The van der Waals surface area contributed by atoms with Gasteiger partial charge in [-0.2, -0.15) is 0 Å². The van der Waals surface area contributed by atoms with E-state index < -0.39 is 0 Å². The van der Waals surface area contributed by atoms with Gasteiger partial charge in [-0.15, -0.1) is 0 Å². The van der Waals surface area contributed by atoms with Crippen molar-refractivity contribution in [1.29, 1.82) is 0 Å². The third kappa shape index (κ3) is 3.33. The minimum atomic E-state index is 0.374. The van der Waals surface area contributed by atoms with Gasteiger partial charge < -0.3 is 0 Å². The van der Waals surface area contributed by atoms with Crippen LogP contribution in [0.15, 0.2) is 72.8 Å². The van der Waals surface area contributed by atoms with Crippen molar-refractivity contribution < 1.29 is 0 Å². The number of unbranched alkanes of at least 4 members (excludes halogenated alkanes) is 1. The third-order valence-electron chi connectivity index (χ3n) is 3.10. The fraction of sp³-hybridized carbons (Fsp3) is 0.222. The third-order valence-corrected chi connectivity index (χ3v) is 3.10. The maximum atomic E-state index is 2.33. The van der Waals surface area contributed by atoms with Crippen LogP contribution in [0, 0.1) is 0 Å². The van der Waals surface area contributed by atoms with Crippen LogP contribution in [0.1, 0.15) is 36.8 Å². The highest BCUT2D eigenvalue weighted by molar-refractivity contribution is 5.36. The molecule has 0 saturated heterocycles. The molecule has 0 aliphatic carbocycles. The van der Waals surface area contributed by atoms with Crippen LogP contribution >= 0.6 is 0 Å². The van der Waals surface area contributed by atoms with Crippen molar-refractivity contribution >= 4 is 0 Å². The number of hydrogen-bond donors (Lipinski definition) is 0. The zero-order valence-electron chi connectivity index (χ0n) is 10.9. The molecule has 0 heteroatoms. The van der Waals surface area contributed by atoms with Crippen molar-refractivity contribution in [2.24, 2.45) is 0 Å². The molecule has 92 valence electrons. The Morgan fingerprint density at radius 3 is 1.78 bits per heavy atom. The molecule has 2 aromatic carbocycles. The van der Waals surface area contributed by atoms with Crippen molar-refractivity contribution in [3.8, 4) is 0 Å². The van der Waals surface area contributed by atoms with Gasteiger partial charge in [0.25, 0.3) is 0 Å². The second-order valence-corrected chi connectivity index (χ2v) is 4.52. The topological polar surface area (TPSA) is 0 Å². The minimum Gasteiger partial charge on any atom is -0.0876 e. The molecule has 2 rings (SSSR count). The summed E-state index contributed by atoms with van der Waals surface area (Å²) >= 11 is 0. The zero-order valence-corrected chi connectivity index (χ0v) is 10.9. The molecule has 0 aromatic heterocycles. The standard InChI is InChI=1S/C18H20/c1-2-3-6-15-18(16-11-7-4-8-12-16)17-13-9-5-10-14-17/h4-15,18H,2-3H2,1H3/b15-6+. The summed E-state index contributed by atoms with van der Waals surface area (Å²) < 4.78 is 0. The Bertz CT molecular complexity index is 428. The first-order valence-corrected chi connectivity index (χ1v) is 6.68. The van der Waals surface area contributed by atoms with Gasteiger partial charge in [0, 0.05) is 5.92 Å². The Labute approximate surface area is 110 Å². The zero-order chi connectivity index (χ0) is 12.6. The number of rotatable bonds is 5. The van der Waals surface area contributed by atoms with Crippen molar-refractivity contribution in [3.05, 3.63) is 83.9 Å². The maximum Gasteiger partial charge on any atom is 0.0269 e.